The smallest absolute Gasteiger partial charge is 0.0766 e. The zero-order chi connectivity index (χ0) is 14.2. The van der Waals surface area contributed by atoms with Crippen LogP contribution in [-0.4, -0.2) is 15.3 Å². The van der Waals surface area contributed by atoms with Gasteiger partial charge in [0, 0.05) is 19.0 Å². The Bertz CT molecular complexity index is 454. The molecule has 19 heavy (non-hydrogen) atoms. The average molecular weight is 328 g/mol. The van der Waals surface area contributed by atoms with E-state index in [9.17, 15) is 0 Å². The van der Waals surface area contributed by atoms with Gasteiger partial charge in [-0.1, -0.05) is 27.2 Å². The number of hydrogen-bond donors (Lipinski definition) is 1. The molecule has 0 radical (unpaired) electrons. The number of aromatic nitrogens is 2. The van der Waals surface area contributed by atoms with E-state index in [-0.39, 0.29) is 5.54 Å². The lowest BCUT2D eigenvalue weighted by molar-refractivity contribution is 0.158. The highest BCUT2D eigenvalue weighted by Crippen LogP contribution is 2.38. The van der Waals surface area contributed by atoms with E-state index in [2.05, 4.69) is 41.8 Å². The fourth-order valence-electron chi connectivity index (χ4n) is 3.34. The first kappa shape index (κ1) is 15.0. The molecule has 0 amide bonds. The third kappa shape index (κ3) is 2.89. The van der Waals surface area contributed by atoms with Gasteiger partial charge in [-0.2, -0.15) is 5.10 Å². The van der Waals surface area contributed by atoms with E-state index in [1.165, 1.54) is 18.5 Å². The van der Waals surface area contributed by atoms with Gasteiger partial charge in [-0.3, -0.25) is 4.68 Å². The van der Waals surface area contributed by atoms with E-state index in [1.807, 2.05) is 11.7 Å². The summed E-state index contributed by atoms with van der Waals surface area (Å²) >= 11 is 3.71. The summed E-state index contributed by atoms with van der Waals surface area (Å²) in [6.45, 7) is 6.76. The van der Waals surface area contributed by atoms with Crippen molar-refractivity contribution < 1.29 is 0 Å². The summed E-state index contributed by atoms with van der Waals surface area (Å²) in [6.07, 6.45) is 5.55. The van der Waals surface area contributed by atoms with Crippen molar-refractivity contribution in [3.63, 3.8) is 0 Å². The van der Waals surface area contributed by atoms with Crippen LogP contribution in [0.15, 0.2) is 4.47 Å². The molecule has 1 saturated carbocycles. The van der Waals surface area contributed by atoms with E-state index in [0.717, 1.165) is 35.3 Å². The van der Waals surface area contributed by atoms with Crippen molar-refractivity contribution in [2.45, 2.75) is 58.4 Å². The second kappa shape index (κ2) is 5.57. The molecule has 1 fully saturated rings. The Kier molecular flexibility index (Phi) is 4.41. The van der Waals surface area contributed by atoms with Crippen LogP contribution in [0.2, 0.25) is 0 Å². The molecular formula is C15H26BrN3. The molecule has 4 heteroatoms. The van der Waals surface area contributed by atoms with E-state index in [1.54, 1.807) is 0 Å². The van der Waals surface area contributed by atoms with Crippen LogP contribution < -0.4 is 5.73 Å². The summed E-state index contributed by atoms with van der Waals surface area (Å²) in [6, 6.07) is 0. The van der Waals surface area contributed by atoms with Crippen LogP contribution in [0.25, 0.3) is 0 Å². The third-order valence-electron chi connectivity index (χ3n) is 4.80. The number of nitrogens with two attached hydrogens (primary N) is 1. The molecule has 3 nitrogen and oxygen atoms in total. The summed E-state index contributed by atoms with van der Waals surface area (Å²) in [5.41, 5.74) is 9.05. The van der Waals surface area contributed by atoms with Gasteiger partial charge in [-0.05, 0) is 47.0 Å². The molecule has 1 aromatic heterocycles. The van der Waals surface area contributed by atoms with Crippen molar-refractivity contribution in [3.8, 4) is 0 Å². The van der Waals surface area contributed by atoms with Crippen LogP contribution in [0.4, 0.5) is 0 Å². The number of aryl methyl sites for hydroxylation is 2. The fourth-order valence-corrected chi connectivity index (χ4v) is 4.10. The molecular weight excluding hydrogens is 302 g/mol. The van der Waals surface area contributed by atoms with Crippen LogP contribution in [0, 0.1) is 11.8 Å². The quantitative estimate of drug-likeness (QED) is 0.924. The maximum absolute atomic E-state index is 6.75. The molecule has 2 rings (SSSR count). The molecule has 0 aliphatic heterocycles. The minimum absolute atomic E-state index is 0.0843. The van der Waals surface area contributed by atoms with Crippen LogP contribution in [0.3, 0.4) is 0 Å². The summed E-state index contributed by atoms with van der Waals surface area (Å²) in [4.78, 5) is 0. The Hall–Kier alpha value is -0.350. The van der Waals surface area contributed by atoms with E-state index in [4.69, 9.17) is 5.73 Å². The molecule has 3 unspecified atom stereocenters. The summed E-state index contributed by atoms with van der Waals surface area (Å²) in [5, 5.41) is 4.58. The summed E-state index contributed by atoms with van der Waals surface area (Å²) in [7, 11) is 2.03. The molecule has 1 aliphatic rings. The first-order valence-electron chi connectivity index (χ1n) is 7.36. The molecule has 2 N–H and O–H groups in total. The Morgan fingerprint density at radius 3 is 2.68 bits per heavy atom. The Morgan fingerprint density at radius 2 is 2.11 bits per heavy atom. The van der Waals surface area contributed by atoms with Crippen LogP contribution in [0.5, 0.6) is 0 Å². The third-order valence-corrected chi connectivity index (χ3v) is 5.72. The number of halogens is 1. The Balaban J connectivity index is 2.26. The Morgan fingerprint density at radius 1 is 1.42 bits per heavy atom. The summed E-state index contributed by atoms with van der Waals surface area (Å²) < 4.78 is 3.16. The second-order valence-corrected chi connectivity index (χ2v) is 7.18. The van der Waals surface area contributed by atoms with E-state index >= 15 is 0 Å². The minimum atomic E-state index is -0.0843. The maximum Gasteiger partial charge on any atom is 0.0766 e. The minimum Gasteiger partial charge on any atom is -0.324 e. The highest BCUT2D eigenvalue weighted by Gasteiger charge is 2.38. The monoisotopic (exact) mass is 327 g/mol. The zero-order valence-corrected chi connectivity index (χ0v) is 14.1. The van der Waals surface area contributed by atoms with E-state index < -0.39 is 0 Å². The molecule has 1 aliphatic carbocycles. The van der Waals surface area contributed by atoms with Gasteiger partial charge in [0.25, 0.3) is 0 Å². The normalized spacial score (nSPS) is 31.7. The Labute approximate surface area is 125 Å². The van der Waals surface area contributed by atoms with Crippen molar-refractivity contribution in [2.24, 2.45) is 24.6 Å². The molecule has 108 valence electrons. The average Bonchev–Trinajstić information content (AvgIpc) is 2.61. The lowest BCUT2D eigenvalue weighted by atomic mass is 9.68. The highest BCUT2D eigenvalue weighted by molar-refractivity contribution is 9.10. The predicted molar refractivity (Wildman–Crippen MR) is 83.1 cm³/mol. The number of hydrogen-bond acceptors (Lipinski definition) is 2. The topological polar surface area (TPSA) is 43.8 Å². The largest absolute Gasteiger partial charge is 0.324 e. The summed E-state index contributed by atoms with van der Waals surface area (Å²) in [5.74, 6) is 1.31. The van der Waals surface area contributed by atoms with Gasteiger partial charge in [-0.25, -0.2) is 0 Å². The predicted octanol–water partition coefficient (Wildman–Crippen LogP) is 3.44. The maximum atomic E-state index is 6.75. The van der Waals surface area contributed by atoms with Crippen molar-refractivity contribution in [3.05, 3.63) is 15.9 Å². The van der Waals surface area contributed by atoms with Gasteiger partial charge in [-0.15, -0.1) is 0 Å². The van der Waals surface area contributed by atoms with Gasteiger partial charge in [0.1, 0.15) is 0 Å². The molecule has 0 saturated heterocycles. The van der Waals surface area contributed by atoms with Crippen molar-refractivity contribution in [1.29, 1.82) is 0 Å². The molecule has 1 heterocycles. The van der Waals surface area contributed by atoms with Crippen molar-refractivity contribution in [2.75, 3.05) is 0 Å². The highest BCUT2D eigenvalue weighted by atomic mass is 79.9. The molecule has 0 aromatic carbocycles. The lowest BCUT2D eigenvalue weighted by Crippen LogP contribution is -2.52. The molecule has 0 spiro atoms. The van der Waals surface area contributed by atoms with Crippen molar-refractivity contribution in [1.82, 2.24) is 9.78 Å². The van der Waals surface area contributed by atoms with Crippen LogP contribution in [-0.2, 0) is 19.9 Å². The van der Waals surface area contributed by atoms with Crippen molar-refractivity contribution >= 4 is 15.9 Å². The molecule has 0 bridgehead atoms. The van der Waals surface area contributed by atoms with Gasteiger partial charge < -0.3 is 5.73 Å². The van der Waals surface area contributed by atoms with E-state index in [0.29, 0.717) is 5.92 Å². The first-order valence-corrected chi connectivity index (χ1v) is 8.15. The zero-order valence-electron chi connectivity index (χ0n) is 12.5. The molecule has 1 aromatic rings. The fraction of sp³-hybridized carbons (Fsp3) is 0.800. The van der Waals surface area contributed by atoms with Gasteiger partial charge in [0.05, 0.1) is 15.9 Å². The van der Waals surface area contributed by atoms with Gasteiger partial charge in [0.2, 0.25) is 0 Å². The van der Waals surface area contributed by atoms with Crippen LogP contribution >= 0.6 is 15.9 Å². The lowest BCUT2D eigenvalue weighted by Gasteiger charge is -2.42. The first-order chi connectivity index (χ1) is 8.87. The SMILES string of the molecule is CCc1nn(C)c(CC2(N)CC(C)CCC2C)c1Br. The molecule has 3 atom stereocenters. The second-order valence-electron chi connectivity index (χ2n) is 6.38. The standard InChI is InChI=1S/C15H26BrN3/c1-5-12-14(16)13(19(4)18-12)9-15(17)8-10(2)6-7-11(15)3/h10-11H,5-9,17H2,1-4H3. The van der Waals surface area contributed by atoms with Gasteiger partial charge in [0.15, 0.2) is 0 Å². The van der Waals surface area contributed by atoms with Gasteiger partial charge >= 0.3 is 0 Å². The van der Waals surface area contributed by atoms with Crippen LogP contribution in [0.1, 0.15) is 51.4 Å². The number of rotatable bonds is 3. The number of nitrogens with zero attached hydrogens (tertiary/aromatic N) is 2.